The first-order valence-electron chi connectivity index (χ1n) is 22.9. The number of allylic oxidation sites excluding steroid dienone is 1. The van der Waals surface area contributed by atoms with E-state index >= 15 is 4.79 Å². The molecule has 0 aliphatic rings. The minimum atomic E-state index is -0.402. The van der Waals surface area contributed by atoms with E-state index in [0.29, 0.717) is 76.3 Å². The van der Waals surface area contributed by atoms with Crippen LogP contribution in [0.1, 0.15) is 29.8 Å². The highest BCUT2D eigenvalue weighted by Gasteiger charge is 2.33. The van der Waals surface area contributed by atoms with Crippen LogP contribution in [-0.2, 0) is 0 Å². The summed E-state index contributed by atoms with van der Waals surface area (Å²) in [5.74, 6) is 1.24. The molecule has 73 heavy (non-hydrogen) atoms. The minimum Gasteiger partial charge on any atom is -0.454 e. The monoisotopic (exact) mass is 964 g/mol. The van der Waals surface area contributed by atoms with E-state index in [2.05, 4.69) is 6.58 Å². The molecule has 10 aromatic carbocycles. The summed E-state index contributed by atoms with van der Waals surface area (Å²) >= 11 is 0. The SMILES string of the molecule is C=C(C)c1cc(Oc2cccc(N)c2N)c2c3c(Oc4cccc(N)c4N)cc4c5c(cc(Oc6cccc(N)c6N)c(c6c(Oc7cccc(N)c7N)cc(C(C)=O)c1c62)c35)c(=O)n1c2ccccc2nc41. The molecule has 0 saturated heterocycles. The highest BCUT2D eigenvalue weighted by Crippen LogP contribution is 2.58. The van der Waals surface area contributed by atoms with E-state index in [1.807, 2.05) is 37.3 Å². The smallest absolute Gasteiger partial charge is 0.264 e. The van der Waals surface area contributed by atoms with Crippen molar-refractivity contribution in [2.24, 2.45) is 0 Å². The Bertz CT molecular complexity index is 4350. The van der Waals surface area contributed by atoms with E-state index in [1.54, 1.807) is 95.4 Å². The number of carbonyl (C=O) groups excluding carboxylic acids is 1. The van der Waals surface area contributed by atoms with Crippen molar-refractivity contribution in [1.82, 2.24) is 9.38 Å². The lowest BCUT2D eigenvalue weighted by Crippen LogP contribution is -2.14. The molecule has 0 fully saturated rings. The van der Waals surface area contributed by atoms with Gasteiger partial charge in [0.05, 0.1) is 61.9 Å². The molecule has 0 spiro atoms. The van der Waals surface area contributed by atoms with Gasteiger partial charge in [-0.05, 0) is 104 Å². The molecule has 0 amide bonds. The van der Waals surface area contributed by atoms with Crippen molar-refractivity contribution < 1.29 is 23.7 Å². The molecule has 0 bridgehead atoms. The van der Waals surface area contributed by atoms with Gasteiger partial charge in [-0.15, -0.1) is 0 Å². The molecule has 16 N–H and O–H groups in total. The predicted octanol–water partition coefficient (Wildman–Crippen LogP) is 11.6. The molecule has 0 atom stereocenters. The molecular weight excluding hydrogens is 921 g/mol. The van der Waals surface area contributed by atoms with Crippen LogP contribution in [0, 0.1) is 0 Å². The number of hydrogen-bond acceptors (Lipinski definition) is 15. The van der Waals surface area contributed by atoms with Crippen molar-refractivity contribution in [1.29, 1.82) is 0 Å². The fourth-order valence-corrected chi connectivity index (χ4v) is 10.1. The lowest BCUT2D eigenvalue weighted by atomic mass is 9.82. The second-order valence-corrected chi connectivity index (χ2v) is 18.0. The largest absolute Gasteiger partial charge is 0.454 e. The number of ether oxygens (including phenoxy) is 4. The highest BCUT2D eigenvalue weighted by atomic mass is 16.5. The van der Waals surface area contributed by atoms with Gasteiger partial charge in [-0.2, -0.15) is 0 Å². The number of nitrogens with two attached hydrogens (primary N) is 8. The van der Waals surface area contributed by atoms with Gasteiger partial charge in [-0.1, -0.05) is 48.6 Å². The summed E-state index contributed by atoms with van der Waals surface area (Å²) in [6, 6.07) is 34.5. The van der Waals surface area contributed by atoms with Gasteiger partial charge in [-0.25, -0.2) is 4.98 Å². The summed E-state index contributed by atoms with van der Waals surface area (Å²) in [5, 5.41) is 4.12. The van der Waals surface area contributed by atoms with Gasteiger partial charge in [0.2, 0.25) is 0 Å². The molecule has 16 heteroatoms. The van der Waals surface area contributed by atoms with Crippen LogP contribution in [0.5, 0.6) is 46.0 Å². The van der Waals surface area contributed by atoms with E-state index in [9.17, 15) is 4.79 Å². The molecule has 0 saturated carbocycles. The summed E-state index contributed by atoms with van der Waals surface area (Å²) in [6.45, 7) is 7.69. The molecule has 12 aromatic rings. The van der Waals surface area contributed by atoms with Gasteiger partial charge < -0.3 is 64.8 Å². The number of anilines is 8. The van der Waals surface area contributed by atoms with Gasteiger partial charge in [0.25, 0.3) is 5.56 Å². The summed E-state index contributed by atoms with van der Waals surface area (Å²) in [4.78, 5) is 35.0. The Morgan fingerprint density at radius 1 is 0.452 bits per heavy atom. The number of carbonyl (C=O) groups is 1. The summed E-state index contributed by atoms with van der Waals surface area (Å²) < 4.78 is 29.6. The second kappa shape index (κ2) is 15.8. The zero-order valence-electron chi connectivity index (χ0n) is 39.2. The fourth-order valence-electron chi connectivity index (χ4n) is 10.1. The van der Waals surface area contributed by atoms with Crippen molar-refractivity contribution in [3.63, 3.8) is 0 Å². The zero-order chi connectivity index (χ0) is 50.9. The average molecular weight is 965 g/mol. The van der Waals surface area contributed by atoms with Crippen molar-refractivity contribution in [3.05, 3.63) is 149 Å². The lowest BCUT2D eigenvalue weighted by Gasteiger charge is -2.26. The molecule has 358 valence electrons. The lowest BCUT2D eigenvalue weighted by molar-refractivity contribution is 0.101. The van der Waals surface area contributed by atoms with Crippen LogP contribution in [0.4, 0.5) is 45.5 Å². The van der Waals surface area contributed by atoms with Crippen molar-refractivity contribution in [2.45, 2.75) is 13.8 Å². The van der Waals surface area contributed by atoms with E-state index in [-0.39, 0.29) is 108 Å². The van der Waals surface area contributed by atoms with Crippen molar-refractivity contribution in [3.8, 4) is 46.0 Å². The second-order valence-electron chi connectivity index (χ2n) is 18.0. The van der Waals surface area contributed by atoms with Gasteiger partial charge >= 0.3 is 0 Å². The maximum atomic E-state index is 15.5. The normalized spacial score (nSPS) is 11.8. The molecule has 16 nitrogen and oxygen atoms in total. The predicted molar refractivity (Wildman–Crippen MR) is 295 cm³/mol. The fraction of sp³-hybridized carbons (Fsp3) is 0.0351. The van der Waals surface area contributed by atoms with E-state index < -0.39 is 5.56 Å². The third kappa shape index (κ3) is 6.43. The number of Topliss-reactive ketones (excluding diaryl/α,β-unsaturated/α-hetero) is 1. The summed E-state index contributed by atoms with van der Waals surface area (Å²) in [7, 11) is 0. The molecule has 0 aliphatic heterocycles. The van der Waals surface area contributed by atoms with E-state index in [0.717, 1.165) is 0 Å². The number of para-hydroxylation sites is 6. The first-order chi connectivity index (χ1) is 35.1. The van der Waals surface area contributed by atoms with Crippen molar-refractivity contribution >= 4 is 127 Å². The van der Waals surface area contributed by atoms with Crippen LogP contribution in [0.25, 0.3) is 76.1 Å². The first kappa shape index (κ1) is 43.9. The van der Waals surface area contributed by atoms with Gasteiger partial charge in [-0.3, -0.25) is 14.0 Å². The maximum absolute atomic E-state index is 15.5. The van der Waals surface area contributed by atoms with E-state index in [1.165, 1.54) is 6.92 Å². The van der Waals surface area contributed by atoms with Crippen LogP contribution >= 0.6 is 0 Å². The van der Waals surface area contributed by atoms with Crippen LogP contribution < -0.4 is 70.4 Å². The Hall–Kier alpha value is -10.4. The number of fused-ring (bicyclic) bond motifs is 6. The molecule has 0 radical (unpaired) electrons. The average Bonchev–Trinajstić information content (AvgIpc) is 3.76. The Kier molecular flexibility index (Phi) is 9.53. The molecule has 0 unspecified atom stereocenters. The van der Waals surface area contributed by atoms with Gasteiger partial charge in [0.15, 0.2) is 28.8 Å². The highest BCUT2D eigenvalue weighted by molar-refractivity contribution is 6.43. The Balaban J connectivity index is 1.42. The third-order valence-electron chi connectivity index (χ3n) is 13.5. The summed E-state index contributed by atoms with van der Waals surface area (Å²) in [6.07, 6.45) is 0. The Labute approximate surface area is 414 Å². The molecule has 2 heterocycles. The quantitative estimate of drug-likeness (QED) is 0.0273. The summed E-state index contributed by atoms with van der Waals surface area (Å²) in [5.41, 5.74) is 56.6. The Morgan fingerprint density at radius 2 is 0.849 bits per heavy atom. The molecule has 0 aliphatic carbocycles. The molecule has 2 aromatic heterocycles. The van der Waals surface area contributed by atoms with Crippen LogP contribution in [0.15, 0.2) is 133 Å². The number of ketones is 1. The molecule has 12 rings (SSSR count). The number of nitrogens with zero attached hydrogens (tertiary/aromatic N) is 2. The van der Waals surface area contributed by atoms with Gasteiger partial charge in [0, 0.05) is 54.0 Å². The van der Waals surface area contributed by atoms with Crippen LogP contribution in [0.3, 0.4) is 0 Å². The van der Waals surface area contributed by atoms with Gasteiger partial charge in [0.1, 0.15) is 28.6 Å². The first-order valence-corrected chi connectivity index (χ1v) is 22.9. The number of rotatable bonds is 10. The Morgan fingerprint density at radius 3 is 1.29 bits per heavy atom. The number of pyridine rings is 1. The number of benzene rings is 10. The standard InChI is InChI=1S/C57H44N10O6/c1-24(2)26-20-40(70-36-16-6-10-30(58)52(36)62)46-48-42(72-38-18-8-12-32(60)54(38)64)22-28-45-29(57(69)67-35-15-5-4-14-34(35)66-56(28)67)23-43(73-39-19-9-13-33(61)55(39)65)49(51(45)48)47-41(21-27(25(3)68)44(26)50(46)47)71-37-17-7-11-31(59)53(37)63/h4-23H,1,58-65H2,2-3H3. The number of nitrogen functional groups attached to an aromatic ring is 8. The number of hydrogen-bond donors (Lipinski definition) is 8. The van der Waals surface area contributed by atoms with Crippen LogP contribution in [-0.4, -0.2) is 15.2 Å². The number of aromatic nitrogens is 2. The maximum Gasteiger partial charge on any atom is 0.264 e. The zero-order valence-corrected chi connectivity index (χ0v) is 39.2. The van der Waals surface area contributed by atoms with E-state index in [4.69, 9.17) is 69.8 Å². The third-order valence-corrected chi connectivity index (χ3v) is 13.5. The molecular formula is C57H44N10O6. The minimum absolute atomic E-state index is 0.144. The van der Waals surface area contributed by atoms with Crippen molar-refractivity contribution in [2.75, 3.05) is 45.9 Å². The van der Waals surface area contributed by atoms with Crippen LogP contribution in [0.2, 0.25) is 0 Å². The number of imidazole rings is 1. The topological polar surface area (TPSA) is 297 Å².